The first-order valence-electron chi connectivity index (χ1n) is 15.1. The molecule has 0 aromatic heterocycles. The number of likely N-dealkylation sites (N-methyl/N-ethyl adjacent to an activating group) is 1. The van der Waals surface area contributed by atoms with Gasteiger partial charge in [-0.05, 0) is 59.9 Å². The number of para-hydroxylation sites is 1. The lowest BCUT2D eigenvalue weighted by Gasteiger charge is -2.33. The van der Waals surface area contributed by atoms with E-state index in [1.165, 1.54) is 7.05 Å². The van der Waals surface area contributed by atoms with Gasteiger partial charge in [-0.3, -0.25) is 9.69 Å². The number of carboxylic acid groups (broad SMARTS) is 1. The predicted molar refractivity (Wildman–Crippen MR) is 176 cm³/mol. The van der Waals surface area contributed by atoms with Crippen LogP contribution in [-0.4, -0.2) is 67.0 Å². The van der Waals surface area contributed by atoms with E-state index in [9.17, 15) is 14.7 Å². The minimum Gasteiger partial charge on any atom is -0.491 e. The van der Waals surface area contributed by atoms with Crippen LogP contribution in [0, 0.1) is 0 Å². The standard InChI is InChI=1S/C36H38ClN3O5/c1-40(36(42)43)34(33(26-11-4-2-5-12-26)27-13-6-3-7-14-27)35(41)39-32-15-9-8-10-25(32)16-19-30-22-38-23-31(45-30)24-44-29-20-17-28(37)18-21-29/h2-15,17-18,20-21,30-31,33-34,38H,16,19,22-24H2,1H3,(H,39,41)(H,42,43)/t30?,31-,34-/m0/s1. The van der Waals surface area contributed by atoms with Crippen LogP contribution in [0.2, 0.25) is 5.02 Å². The van der Waals surface area contributed by atoms with Crippen molar-refractivity contribution in [2.24, 2.45) is 0 Å². The van der Waals surface area contributed by atoms with Crippen molar-refractivity contribution in [3.8, 4) is 5.75 Å². The molecule has 0 radical (unpaired) electrons. The van der Waals surface area contributed by atoms with Gasteiger partial charge in [-0.15, -0.1) is 0 Å². The molecule has 0 aliphatic carbocycles. The Bertz CT molecular complexity index is 1500. The molecule has 5 rings (SSSR count). The number of morpholine rings is 1. The van der Waals surface area contributed by atoms with Gasteiger partial charge in [0.2, 0.25) is 5.91 Å². The van der Waals surface area contributed by atoms with Crippen LogP contribution in [0.3, 0.4) is 0 Å². The summed E-state index contributed by atoms with van der Waals surface area (Å²) in [6.45, 7) is 1.83. The van der Waals surface area contributed by atoms with E-state index in [1.807, 2.05) is 97.1 Å². The van der Waals surface area contributed by atoms with Crippen LogP contribution in [0.15, 0.2) is 109 Å². The van der Waals surface area contributed by atoms with Crippen molar-refractivity contribution in [1.82, 2.24) is 10.2 Å². The number of rotatable bonds is 12. The van der Waals surface area contributed by atoms with E-state index in [0.717, 1.165) is 33.8 Å². The van der Waals surface area contributed by atoms with E-state index >= 15 is 0 Å². The Kier molecular flexibility index (Phi) is 11.1. The molecule has 0 spiro atoms. The molecule has 1 aliphatic heterocycles. The molecule has 234 valence electrons. The normalized spacial score (nSPS) is 17.0. The molecule has 1 heterocycles. The lowest BCUT2D eigenvalue weighted by molar-refractivity contribution is -0.120. The minimum atomic E-state index is -1.18. The average Bonchev–Trinajstić information content (AvgIpc) is 3.07. The first-order valence-corrected chi connectivity index (χ1v) is 15.5. The molecule has 0 saturated carbocycles. The van der Waals surface area contributed by atoms with Crippen LogP contribution < -0.4 is 15.4 Å². The van der Waals surface area contributed by atoms with E-state index in [4.69, 9.17) is 21.1 Å². The zero-order valence-corrected chi connectivity index (χ0v) is 25.9. The Labute approximate surface area is 268 Å². The second kappa shape index (κ2) is 15.6. The third-order valence-corrected chi connectivity index (χ3v) is 8.26. The Balaban J connectivity index is 1.28. The summed E-state index contributed by atoms with van der Waals surface area (Å²) < 4.78 is 12.2. The van der Waals surface area contributed by atoms with E-state index in [1.54, 1.807) is 12.1 Å². The second-order valence-corrected chi connectivity index (χ2v) is 11.6. The summed E-state index contributed by atoms with van der Waals surface area (Å²) in [5.74, 6) is -0.183. The number of ether oxygens (including phenoxy) is 2. The van der Waals surface area contributed by atoms with Gasteiger partial charge >= 0.3 is 6.09 Å². The van der Waals surface area contributed by atoms with E-state index < -0.39 is 24.0 Å². The number of amides is 2. The number of halogens is 1. The largest absolute Gasteiger partial charge is 0.491 e. The van der Waals surface area contributed by atoms with Crippen molar-refractivity contribution in [3.05, 3.63) is 131 Å². The Morgan fingerprint density at radius 1 is 0.911 bits per heavy atom. The summed E-state index contributed by atoms with van der Waals surface area (Å²) >= 11 is 5.97. The highest BCUT2D eigenvalue weighted by molar-refractivity contribution is 6.30. The molecule has 1 aliphatic rings. The summed E-state index contributed by atoms with van der Waals surface area (Å²) in [4.78, 5) is 27.5. The van der Waals surface area contributed by atoms with Gasteiger partial charge in [-0.2, -0.15) is 0 Å². The molecule has 8 nitrogen and oxygen atoms in total. The molecule has 4 aromatic rings. The van der Waals surface area contributed by atoms with Crippen molar-refractivity contribution in [1.29, 1.82) is 0 Å². The number of aryl methyl sites for hydroxylation is 1. The third-order valence-electron chi connectivity index (χ3n) is 8.01. The van der Waals surface area contributed by atoms with Gasteiger partial charge in [0.25, 0.3) is 0 Å². The fraction of sp³-hybridized carbons (Fsp3) is 0.278. The highest BCUT2D eigenvalue weighted by Crippen LogP contribution is 2.32. The van der Waals surface area contributed by atoms with Crippen LogP contribution in [0.4, 0.5) is 10.5 Å². The molecule has 3 atom stereocenters. The van der Waals surface area contributed by atoms with Crippen LogP contribution in [0.25, 0.3) is 0 Å². The number of nitrogens with one attached hydrogen (secondary N) is 2. The maximum atomic E-state index is 14.1. The van der Waals surface area contributed by atoms with Gasteiger partial charge in [0.05, 0.1) is 6.10 Å². The minimum absolute atomic E-state index is 0.0345. The molecule has 9 heteroatoms. The number of carbonyl (C=O) groups is 2. The quantitative estimate of drug-likeness (QED) is 0.167. The number of benzene rings is 4. The van der Waals surface area contributed by atoms with Crippen molar-refractivity contribution in [2.45, 2.75) is 37.0 Å². The maximum absolute atomic E-state index is 14.1. The molecule has 1 saturated heterocycles. The van der Waals surface area contributed by atoms with E-state index in [-0.39, 0.29) is 12.2 Å². The van der Waals surface area contributed by atoms with Gasteiger partial charge in [0, 0.05) is 36.8 Å². The van der Waals surface area contributed by atoms with Gasteiger partial charge in [0.1, 0.15) is 24.5 Å². The van der Waals surface area contributed by atoms with Crippen LogP contribution in [0.1, 0.15) is 29.0 Å². The van der Waals surface area contributed by atoms with Crippen molar-refractivity contribution < 1.29 is 24.2 Å². The summed E-state index contributed by atoms with van der Waals surface area (Å²) in [5, 5.41) is 17.2. The maximum Gasteiger partial charge on any atom is 0.407 e. The van der Waals surface area contributed by atoms with Crippen molar-refractivity contribution in [2.75, 3.05) is 32.1 Å². The van der Waals surface area contributed by atoms with Crippen molar-refractivity contribution >= 4 is 29.3 Å². The zero-order chi connectivity index (χ0) is 31.6. The van der Waals surface area contributed by atoms with Gasteiger partial charge in [-0.25, -0.2) is 4.79 Å². The molecule has 2 amide bonds. The molecule has 0 bridgehead atoms. The average molecular weight is 628 g/mol. The summed E-state index contributed by atoms with van der Waals surface area (Å²) in [6.07, 6.45) is 0.0689. The third kappa shape index (κ3) is 8.63. The summed E-state index contributed by atoms with van der Waals surface area (Å²) in [6, 6.07) is 33.0. The smallest absolute Gasteiger partial charge is 0.407 e. The first-order chi connectivity index (χ1) is 21.9. The first kappa shape index (κ1) is 32.0. The summed E-state index contributed by atoms with van der Waals surface area (Å²) in [7, 11) is 1.44. The van der Waals surface area contributed by atoms with Gasteiger partial charge in [0.15, 0.2) is 0 Å². The van der Waals surface area contributed by atoms with Gasteiger partial charge in [-0.1, -0.05) is 90.5 Å². The van der Waals surface area contributed by atoms with Crippen molar-refractivity contribution in [3.63, 3.8) is 0 Å². The Morgan fingerprint density at radius 3 is 2.16 bits per heavy atom. The molecule has 3 N–H and O–H groups in total. The number of nitrogens with zero attached hydrogens (tertiary/aromatic N) is 1. The Hall–Kier alpha value is -4.37. The zero-order valence-electron chi connectivity index (χ0n) is 25.1. The lowest BCUT2D eigenvalue weighted by atomic mass is 9.84. The van der Waals surface area contributed by atoms with Crippen LogP contribution in [0.5, 0.6) is 5.75 Å². The molecular weight excluding hydrogens is 590 g/mol. The van der Waals surface area contributed by atoms with E-state index in [2.05, 4.69) is 10.6 Å². The molecular formula is C36H38ClN3O5. The fourth-order valence-corrected chi connectivity index (χ4v) is 5.82. The monoisotopic (exact) mass is 627 g/mol. The molecule has 1 unspecified atom stereocenters. The second-order valence-electron chi connectivity index (χ2n) is 11.1. The predicted octanol–water partition coefficient (Wildman–Crippen LogP) is 6.46. The fourth-order valence-electron chi connectivity index (χ4n) is 5.69. The molecule has 1 fully saturated rings. The van der Waals surface area contributed by atoms with Crippen LogP contribution in [-0.2, 0) is 16.0 Å². The lowest BCUT2D eigenvalue weighted by Crippen LogP contribution is -2.48. The topological polar surface area (TPSA) is 100 Å². The molecule has 45 heavy (non-hydrogen) atoms. The number of carbonyl (C=O) groups excluding carboxylic acids is 1. The highest BCUT2D eigenvalue weighted by Gasteiger charge is 2.37. The number of anilines is 1. The number of hydrogen-bond donors (Lipinski definition) is 3. The van der Waals surface area contributed by atoms with Gasteiger partial charge < -0.3 is 25.2 Å². The summed E-state index contributed by atoms with van der Waals surface area (Å²) in [5.41, 5.74) is 3.29. The Morgan fingerprint density at radius 2 is 1.51 bits per heavy atom. The molecule has 4 aromatic carbocycles. The highest BCUT2D eigenvalue weighted by atomic mass is 35.5. The SMILES string of the molecule is CN(C(=O)O)[C@H](C(=O)Nc1ccccc1CCC1CNC[C@@H](COc2ccc(Cl)cc2)O1)C(c1ccccc1)c1ccccc1. The number of hydrogen-bond acceptors (Lipinski definition) is 5. The van der Waals surface area contributed by atoms with Crippen LogP contribution >= 0.6 is 11.6 Å². The van der Waals surface area contributed by atoms with E-state index in [0.29, 0.717) is 36.8 Å².